The van der Waals surface area contributed by atoms with Crippen molar-refractivity contribution in [1.29, 1.82) is 0 Å². The van der Waals surface area contributed by atoms with Crippen molar-refractivity contribution in [3.8, 4) is 5.75 Å². The molecule has 0 amide bonds. The van der Waals surface area contributed by atoms with Crippen LogP contribution in [0.5, 0.6) is 5.75 Å². The molecule has 1 saturated heterocycles. The van der Waals surface area contributed by atoms with Gasteiger partial charge in [0.2, 0.25) is 0 Å². The van der Waals surface area contributed by atoms with E-state index in [0.29, 0.717) is 32.3 Å². The molecule has 136 valence electrons. The number of benzene rings is 1. The molecule has 5 heteroatoms. The van der Waals surface area contributed by atoms with Gasteiger partial charge < -0.3 is 19.5 Å². The van der Waals surface area contributed by atoms with E-state index in [2.05, 4.69) is 35.8 Å². The fourth-order valence-corrected chi connectivity index (χ4v) is 2.96. The zero-order valence-electron chi connectivity index (χ0n) is 15.3. The van der Waals surface area contributed by atoms with Gasteiger partial charge in [-0.3, -0.25) is 4.90 Å². The molecule has 1 aliphatic rings. The number of β-amino-alcohol motifs (C(OH)–C–C–N with tert-alkyl or cyclic N) is 1. The normalized spacial score (nSPS) is 17.3. The molecule has 1 aliphatic heterocycles. The fourth-order valence-electron chi connectivity index (χ4n) is 2.96. The summed E-state index contributed by atoms with van der Waals surface area (Å²) in [6.45, 7) is 12.5. The van der Waals surface area contributed by atoms with Crippen LogP contribution in [0.2, 0.25) is 0 Å². The number of nitrogens with zero attached hydrogens (tertiary/aromatic N) is 2. The third kappa shape index (κ3) is 5.96. The fraction of sp³-hybridized carbons (Fsp3) is 0.684. The largest absolute Gasteiger partial charge is 0.492 e. The lowest BCUT2D eigenvalue weighted by atomic mass is 10.2. The Bertz CT molecular complexity index is 473. The van der Waals surface area contributed by atoms with E-state index in [4.69, 9.17) is 9.47 Å². The van der Waals surface area contributed by atoms with Gasteiger partial charge in [-0.25, -0.2) is 0 Å². The first kappa shape index (κ1) is 19.0. The lowest BCUT2D eigenvalue weighted by Crippen LogP contribution is -2.49. The Morgan fingerprint density at radius 3 is 2.46 bits per heavy atom. The number of para-hydroxylation sites is 2. The Kier molecular flexibility index (Phi) is 7.82. The Balaban J connectivity index is 1.77. The lowest BCUT2D eigenvalue weighted by molar-refractivity contribution is 0.00746. The molecule has 0 spiro atoms. The van der Waals surface area contributed by atoms with Crippen molar-refractivity contribution in [3.63, 3.8) is 0 Å². The highest BCUT2D eigenvalue weighted by molar-refractivity contribution is 5.58. The second-order valence-electron chi connectivity index (χ2n) is 6.77. The van der Waals surface area contributed by atoms with Crippen molar-refractivity contribution < 1.29 is 14.6 Å². The van der Waals surface area contributed by atoms with Crippen LogP contribution < -0.4 is 9.64 Å². The molecule has 1 heterocycles. The minimum absolute atomic E-state index is 0.411. The highest BCUT2D eigenvalue weighted by Crippen LogP contribution is 2.28. The molecule has 2 rings (SSSR count). The number of piperazine rings is 1. The van der Waals surface area contributed by atoms with E-state index in [9.17, 15) is 5.11 Å². The first-order valence-corrected chi connectivity index (χ1v) is 9.05. The summed E-state index contributed by atoms with van der Waals surface area (Å²) in [6, 6.07) is 8.22. The Morgan fingerprint density at radius 1 is 1.08 bits per heavy atom. The maximum absolute atomic E-state index is 10.1. The molecule has 1 fully saturated rings. The molecule has 1 N–H and O–H groups in total. The van der Waals surface area contributed by atoms with E-state index in [1.165, 1.54) is 5.69 Å². The number of hydrogen-bond acceptors (Lipinski definition) is 5. The van der Waals surface area contributed by atoms with Crippen molar-refractivity contribution >= 4 is 5.69 Å². The van der Waals surface area contributed by atoms with Crippen molar-refractivity contribution in [2.24, 2.45) is 5.92 Å². The van der Waals surface area contributed by atoms with E-state index >= 15 is 0 Å². The van der Waals surface area contributed by atoms with Gasteiger partial charge in [0.25, 0.3) is 0 Å². The molecule has 0 bridgehead atoms. The minimum Gasteiger partial charge on any atom is -0.492 e. The molecule has 1 aromatic carbocycles. The summed E-state index contributed by atoms with van der Waals surface area (Å²) in [5, 5.41) is 10.1. The molecule has 1 aromatic rings. The third-order valence-corrected chi connectivity index (χ3v) is 4.11. The quantitative estimate of drug-likeness (QED) is 0.749. The Hall–Kier alpha value is -1.30. The monoisotopic (exact) mass is 336 g/mol. The predicted molar refractivity (Wildman–Crippen MR) is 97.9 cm³/mol. The Morgan fingerprint density at radius 2 is 1.79 bits per heavy atom. The molecular formula is C19H32N2O3. The standard InChI is InChI=1S/C19H32N2O3/c1-4-24-19-8-6-5-7-18(19)21-11-9-20(10-12-21)13-17(22)15-23-14-16(2)3/h5-8,16-17,22H,4,9-15H2,1-3H3. The molecule has 0 aliphatic carbocycles. The molecular weight excluding hydrogens is 304 g/mol. The van der Waals surface area contributed by atoms with Crippen molar-refractivity contribution in [2.45, 2.75) is 26.9 Å². The van der Waals surface area contributed by atoms with Gasteiger partial charge in [0.1, 0.15) is 5.75 Å². The molecule has 0 aromatic heterocycles. The topological polar surface area (TPSA) is 45.2 Å². The van der Waals surface area contributed by atoms with Crippen LogP contribution in [0.1, 0.15) is 20.8 Å². The molecule has 1 unspecified atom stereocenters. The minimum atomic E-state index is -0.411. The third-order valence-electron chi connectivity index (χ3n) is 4.11. The smallest absolute Gasteiger partial charge is 0.142 e. The number of ether oxygens (including phenoxy) is 2. The van der Waals surface area contributed by atoms with Gasteiger partial charge in [0, 0.05) is 39.3 Å². The van der Waals surface area contributed by atoms with E-state index < -0.39 is 6.10 Å². The van der Waals surface area contributed by atoms with Crippen LogP contribution in [0, 0.1) is 5.92 Å². The summed E-state index contributed by atoms with van der Waals surface area (Å²) < 4.78 is 11.3. The second kappa shape index (κ2) is 9.87. The first-order chi connectivity index (χ1) is 11.6. The van der Waals surface area contributed by atoms with Crippen LogP contribution >= 0.6 is 0 Å². The molecule has 1 atom stereocenters. The number of anilines is 1. The van der Waals surface area contributed by atoms with Gasteiger partial charge in [-0.2, -0.15) is 0 Å². The molecule has 0 saturated carbocycles. The predicted octanol–water partition coefficient (Wildman–Crippen LogP) is 2.24. The average Bonchev–Trinajstić information content (AvgIpc) is 2.56. The lowest BCUT2D eigenvalue weighted by Gasteiger charge is -2.37. The highest BCUT2D eigenvalue weighted by atomic mass is 16.5. The summed E-state index contributed by atoms with van der Waals surface area (Å²) in [5.41, 5.74) is 1.17. The molecule has 0 radical (unpaired) electrons. The van der Waals surface area contributed by atoms with Crippen LogP contribution in [0.4, 0.5) is 5.69 Å². The number of rotatable bonds is 9. The summed E-state index contributed by atoms with van der Waals surface area (Å²) in [5.74, 6) is 1.46. The van der Waals surface area contributed by atoms with E-state index in [1.807, 2.05) is 19.1 Å². The van der Waals surface area contributed by atoms with Crippen LogP contribution in [0.15, 0.2) is 24.3 Å². The van der Waals surface area contributed by atoms with Crippen molar-refractivity contribution in [3.05, 3.63) is 24.3 Å². The highest BCUT2D eigenvalue weighted by Gasteiger charge is 2.21. The van der Waals surface area contributed by atoms with Gasteiger partial charge in [-0.05, 0) is 25.0 Å². The van der Waals surface area contributed by atoms with Crippen molar-refractivity contribution in [2.75, 3.05) is 57.4 Å². The maximum atomic E-state index is 10.1. The number of aliphatic hydroxyl groups excluding tert-OH is 1. The number of aliphatic hydroxyl groups is 1. The second-order valence-corrected chi connectivity index (χ2v) is 6.77. The zero-order chi connectivity index (χ0) is 17.4. The molecule has 5 nitrogen and oxygen atoms in total. The number of hydrogen-bond donors (Lipinski definition) is 1. The van der Waals surface area contributed by atoms with Gasteiger partial charge in [0.05, 0.1) is 25.0 Å². The van der Waals surface area contributed by atoms with Gasteiger partial charge in [0.15, 0.2) is 0 Å². The maximum Gasteiger partial charge on any atom is 0.142 e. The van der Waals surface area contributed by atoms with Gasteiger partial charge in [-0.15, -0.1) is 0 Å². The first-order valence-electron chi connectivity index (χ1n) is 9.05. The van der Waals surface area contributed by atoms with Crippen LogP contribution in [-0.4, -0.2) is 68.7 Å². The van der Waals surface area contributed by atoms with Crippen LogP contribution in [-0.2, 0) is 4.74 Å². The average molecular weight is 336 g/mol. The summed E-state index contributed by atoms with van der Waals surface area (Å²) in [6.07, 6.45) is -0.411. The van der Waals surface area contributed by atoms with E-state index in [-0.39, 0.29) is 0 Å². The van der Waals surface area contributed by atoms with E-state index in [1.54, 1.807) is 0 Å². The summed E-state index contributed by atoms with van der Waals surface area (Å²) in [7, 11) is 0. The van der Waals surface area contributed by atoms with E-state index in [0.717, 1.165) is 31.9 Å². The summed E-state index contributed by atoms with van der Waals surface area (Å²) >= 11 is 0. The zero-order valence-corrected chi connectivity index (χ0v) is 15.3. The SMILES string of the molecule is CCOc1ccccc1N1CCN(CC(O)COCC(C)C)CC1. The van der Waals surface area contributed by atoms with Gasteiger partial charge >= 0.3 is 0 Å². The van der Waals surface area contributed by atoms with Crippen LogP contribution in [0.3, 0.4) is 0 Å². The molecule has 24 heavy (non-hydrogen) atoms. The Labute approximate surface area is 146 Å². The van der Waals surface area contributed by atoms with Gasteiger partial charge in [-0.1, -0.05) is 26.0 Å². The van der Waals surface area contributed by atoms with Crippen molar-refractivity contribution in [1.82, 2.24) is 4.90 Å². The summed E-state index contributed by atoms with van der Waals surface area (Å²) in [4.78, 5) is 4.67. The van der Waals surface area contributed by atoms with Crippen LogP contribution in [0.25, 0.3) is 0 Å².